The van der Waals surface area contributed by atoms with Gasteiger partial charge in [0, 0.05) is 12.8 Å². The van der Waals surface area contributed by atoms with Crippen LogP contribution in [0.15, 0.2) is 52.3 Å². The molecular weight excluding hydrogens is 304 g/mol. The molecule has 4 heteroatoms. The zero-order chi connectivity index (χ0) is 17.7. The Morgan fingerprint density at radius 3 is 2.46 bits per heavy atom. The Morgan fingerprint density at radius 1 is 1.21 bits per heavy atom. The number of aryl methyl sites for hydroxylation is 2. The normalized spacial score (nSPS) is 13.2. The van der Waals surface area contributed by atoms with Crippen LogP contribution in [0, 0.1) is 13.8 Å². The summed E-state index contributed by atoms with van der Waals surface area (Å²) in [6.45, 7) is 5.51. The lowest BCUT2D eigenvalue weighted by molar-refractivity contribution is 0.150. The first-order valence-electron chi connectivity index (χ1n) is 7.98. The topological polar surface area (TPSA) is 73.8 Å². The van der Waals surface area contributed by atoms with E-state index in [1.54, 1.807) is 30.3 Å². The monoisotopic (exact) mass is 328 g/mol. The van der Waals surface area contributed by atoms with Crippen molar-refractivity contribution in [2.45, 2.75) is 45.8 Å². The SMILES string of the molecule is CC(=C=CC[C@@H](O)c1cc(C)c(O)c(C)c1)C[C@@H](O)c1ccco1. The zero-order valence-corrected chi connectivity index (χ0v) is 14.3. The average molecular weight is 328 g/mol. The van der Waals surface area contributed by atoms with Gasteiger partial charge in [0.05, 0.1) is 12.4 Å². The van der Waals surface area contributed by atoms with Gasteiger partial charge in [-0.05, 0) is 73.4 Å². The number of phenolic OH excluding ortho intramolecular Hbond substituents is 1. The molecule has 0 fully saturated rings. The molecule has 128 valence electrons. The van der Waals surface area contributed by atoms with Crippen LogP contribution in [0.2, 0.25) is 0 Å². The van der Waals surface area contributed by atoms with Gasteiger partial charge in [0.15, 0.2) is 0 Å². The number of benzene rings is 1. The van der Waals surface area contributed by atoms with E-state index >= 15 is 0 Å². The molecule has 1 aromatic carbocycles. The molecule has 0 saturated heterocycles. The summed E-state index contributed by atoms with van der Waals surface area (Å²) < 4.78 is 5.17. The van der Waals surface area contributed by atoms with E-state index in [4.69, 9.17) is 4.42 Å². The second kappa shape index (κ2) is 8.02. The summed E-state index contributed by atoms with van der Waals surface area (Å²) in [5.74, 6) is 0.801. The Balaban J connectivity index is 1.99. The maximum atomic E-state index is 10.3. The van der Waals surface area contributed by atoms with Crippen LogP contribution in [-0.4, -0.2) is 15.3 Å². The molecule has 0 spiro atoms. The summed E-state index contributed by atoms with van der Waals surface area (Å²) in [7, 11) is 0. The van der Waals surface area contributed by atoms with Crippen LogP contribution >= 0.6 is 0 Å². The third-order valence-electron chi connectivity index (χ3n) is 3.96. The molecule has 2 atom stereocenters. The van der Waals surface area contributed by atoms with E-state index in [2.05, 4.69) is 5.73 Å². The summed E-state index contributed by atoms with van der Waals surface area (Å²) in [4.78, 5) is 0. The molecule has 3 N–H and O–H groups in total. The molecular formula is C20H24O4. The highest BCUT2D eigenvalue weighted by Gasteiger charge is 2.11. The van der Waals surface area contributed by atoms with E-state index in [0.717, 1.165) is 22.3 Å². The van der Waals surface area contributed by atoms with Crippen LogP contribution in [-0.2, 0) is 0 Å². The summed E-state index contributed by atoms with van der Waals surface area (Å²) in [5.41, 5.74) is 6.25. The van der Waals surface area contributed by atoms with Gasteiger partial charge in [-0.15, -0.1) is 5.73 Å². The third kappa shape index (κ3) is 4.62. The van der Waals surface area contributed by atoms with Crippen molar-refractivity contribution in [1.82, 2.24) is 0 Å². The molecule has 0 aliphatic heterocycles. The lowest BCUT2D eigenvalue weighted by Crippen LogP contribution is -1.98. The van der Waals surface area contributed by atoms with Crippen LogP contribution < -0.4 is 0 Å². The fourth-order valence-corrected chi connectivity index (χ4v) is 2.59. The standard InChI is InChI=1S/C20H24O4/c1-13(10-18(22)19-8-5-9-24-19)6-4-7-17(21)16-11-14(2)20(23)15(3)12-16/h4-5,8-9,11-12,17-18,21-23H,7,10H2,1-3H3/t6?,17-,18-/m1/s1. The van der Waals surface area contributed by atoms with E-state index in [0.29, 0.717) is 18.6 Å². The quantitative estimate of drug-likeness (QED) is 0.693. The molecule has 1 aromatic heterocycles. The van der Waals surface area contributed by atoms with Crippen molar-refractivity contribution in [3.8, 4) is 5.75 Å². The number of aliphatic hydroxyl groups excluding tert-OH is 2. The first-order valence-corrected chi connectivity index (χ1v) is 7.98. The molecule has 4 nitrogen and oxygen atoms in total. The van der Waals surface area contributed by atoms with E-state index in [1.165, 1.54) is 6.26 Å². The van der Waals surface area contributed by atoms with Gasteiger partial charge in [0.1, 0.15) is 17.6 Å². The Hall–Kier alpha value is -2.26. The van der Waals surface area contributed by atoms with E-state index in [9.17, 15) is 15.3 Å². The lowest BCUT2D eigenvalue weighted by atomic mass is 10.00. The number of furan rings is 1. The molecule has 0 aliphatic carbocycles. The minimum atomic E-state index is -0.687. The molecule has 2 rings (SSSR count). The van der Waals surface area contributed by atoms with Gasteiger partial charge in [-0.3, -0.25) is 0 Å². The predicted octanol–water partition coefficient (Wildman–Crippen LogP) is 4.25. The van der Waals surface area contributed by atoms with Crippen LogP contribution in [0.5, 0.6) is 5.75 Å². The number of aliphatic hydroxyl groups is 2. The molecule has 24 heavy (non-hydrogen) atoms. The zero-order valence-electron chi connectivity index (χ0n) is 14.3. The minimum absolute atomic E-state index is 0.268. The van der Waals surface area contributed by atoms with Gasteiger partial charge in [0.2, 0.25) is 0 Å². The number of rotatable bonds is 6. The maximum absolute atomic E-state index is 10.3. The summed E-state index contributed by atoms with van der Waals surface area (Å²) in [5, 5.41) is 30.1. The van der Waals surface area contributed by atoms with Crippen molar-refractivity contribution in [2.75, 3.05) is 0 Å². The number of aromatic hydroxyl groups is 1. The predicted molar refractivity (Wildman–Crippen MR) is 92.7 cm³/mol. The lowest BCUT2D eigenvalue weighted by Gasteiger charge is -2.12. The molecule has 2 aromatic rings. The first kappa shape index (κ1) is 18.1. The fourth-order valence-electron chi connectivity index (χ4n) is 2.59. The number of hydrogen-bond donors (Lipinski definition) is 3. The van der Waals surface area contributed by atoms with Crippen LogP contribution in [0.25, 0.3) is 0 Å². The molecule has 0 radical (unpaired) electrons. The van der Waals surface area contributed by atoms with E-state index in [1.807, 2.05) is 20.8 Å². The molecule has 0 bridgehead atoms. The number of hydrogen-bond acceptors (Lipinski definition) is 4. The highest BCUT2D eigenvalue weighted by Crippen LogP contribution is 2.27. The van der Waals surface area contributed by atoms with Crippen molar-refractivity contribution in [3.05, 3.63) is 70.4 Å². The van der Waals surface area contributed by atoms with Crippen molar-refractivity contribution < 1.29 is 19.7 Å². The second-order valence-electron chi connectivity index (χ2n) is 6.12. The smallest absolute Gasteiger partial charge is 0.132 e. The Bertz CT molecular complexity index is 714. The summed E-state index contributed by atoms with van der Waals surface area (Å²) in [6, 6.07) is 7.06. The Kier molecular flexibility index (Phi) is 6.04. The fraction of sp³-hybridized carbons (Fsp3) is 0.350. The Labute approximate surface area is 142 Å². The maximum Gasteiger partial charge on any atom is 0.132 e. The van der Waals surface area contributed by atoms with E-state index < -0.39 is 12.2 Å². The third-order valence-corrected chi connectivity index (χ3v) is 3.96. The van der Waals surface area contributed by atoms with Crippen LogP contribution in [0.4, 0.5) is 0 Å². The van der Waals surface area contributed by atoms with Gasteiger partial charge in [-0.2, -0.15) is 0 Å². The average Bonchev–Trinajstić information content (AvgIpc) is 3.06. The highest BCUT2D eigenvalue weighted by molar-refractivity contribution is 5.42. The van der Waals surface area contributed by atoms with Crippen molar-refractivity contribution in [2.24, 2.45) is 0 Å². The van der Waals surface area contributed by atoms with Gasteiger partial charge in [0.25, 0.3) is 0 Å². The van der Waals surface area contributed by atoms with Crippen molar-refractivity contribution in [3.63, 3.8) is 0 Å². The van der Waals surface area contributed by atoms with Gasteiger partial charge >= 0.3 is 0 Å². The molecule has 0 unspecified atom stereocenters. The summed E-state index contributed by atoms with van der Waals surface area (Å²) in [6.07, 6.45) is 2.80. The van der Waals surface area contributed by atoms with Crippen LogP contribution in [0.3, 0.4) is 0 Å². The highest BCUT2D eigenvalue weighted by atomic mass is 16.4. The van der Waals surface area contributed by atoms with Crippen molar-refractivity contribution in [1.29, 1.82) is 0 Å². The second-order valence-corrected chi connectivity index (χ2v) is 6.12. The molecule has 0 saturated carbocycles. The van der Waals surface area contributed by atoms with Crippen LogP contribution in [0.1, 0.15) is 54.4 Å². The molecule has 0 amide bonds. The molecule has 1 heterocycles. The number of phenols is 1. The largest absolute Gasteiger partial charge is 0.507 e. The van der Waals surface area contributed by atoms with E-state index in [-0.39, 0.29) is 5.75 Å². The summed E-state index contributed by atoms with van der Waals surface area (Å²) >= 11 is 0. The van der Waals surface area contributed by atoms with Gasteiger partial charge in [-0.25, -0.2) is 0 Å². The minimum Gasteiger partial charge on any atom is -0.507 e. The Morgan fingerprint density at radius 2 is 1.88 bits per heavy atom. The van der Waals surface area contributed by atoms with Gasteiger partial charge < -0.3 is 19.7 Å². The first-order chi connectivity index (χ1) is 11.4. The van der Waals surface area contributed by atoms with Gasteiger partial charge in [-0.1, -0.05) is 0 Å². The molecule has 0 aliphatic rings. The van der Waals surface area contributed by atoms with Crippen molar-refractivity contribution >= 4 is 0 Å².